The van der Waals surface area contributed by atoms with Crippen LogP contribution < -0.4 is 5.32 Å². The number of anilines is 1. The van der Waals surface area contributed by atoms with Gasteiger partial charge in [-0.3, -0.25) is 14.5 Å². The van der Waals surface area contributed by atoms with Crippen LogP contribution in [0.4, 0.5) is 5.69 Å². The van der Waals surface area contributed by atoms with Gasteiger partial charge < -0.3 is 5.32 Å². The van der Waals surface area contributed by atoms with Gasteiger partial charge in [-0.05, 0) is 43.5 Å². The Hall–Kier alpha value is -1.86. The largest absolute Gasteiger partial charge is 0.325 e. The lowest BCUT2D eigenvalue weighted by Gasteiger charge is -2.14. The van der Waals surface area contributed by atoms with Crippen molar-refractivity contribution in [3.05, 3.63) is 68.5 Å². The molecule has 1 aliphatic heterocycles. The average Bonchev–Trinajstić information content (AvgIpc) is 3.00. The van der Waals surface area contributed by atoms with Crippen LogP contribution in [0.25, 0.3) is 6.08 Å². The molecule has 31 heavy (non-hydrogen) atoms. The molecule has 0 atom stereocenters. The van der Waals surface area contributed by atoms with Gasteiger partial charge in [0.25, 0.3) is 5.91 Å². The maximum Gasteiger partial charge on any atom is 0.266 e. The van der Waals surface area contributed by atoms with Gasteiger partial charge in [-0.2, -0.15) is 0 Å². The predicted molar refractivity (Wildman–Crippen MR) is 135 cm³/mol. The third-order valence-electron chi connectivity index (χ3n) is 4.76. The number of amides is 2. The summed E-state index contributed by atoms with van der Waals surface area (Å²) in [6.45, 7) is 2.58. The van der Waals surface area contributed by atoms with E-state index in [4.69, 9.17) is 35.4 Å². The highest BCUT2D eigenvalue weighted by Crippen LogP contribution is 2.33. The Kier molecular flexibility index (Phi) is 8.55. The molecule has 0 unspecified atom stereocenters. The van der Waals surface area contributed by atoms with Crippen molar-refractivity contribution in [1.82, 2.24) is 4.90 Å². The Labute approximate surface area is 202 Å². The maximum absolute atomic E-state index is 12.7. The number of hydrogen-bond donors (Lipinski definition) is 1. The van der Waals surface area contributed by atoms with Crippen LogP contribution in [0.5, 0.6) is 0 Å². The van der Waals surface area contributed by atoms with E-state index < -0.39 is 0 Å². The molecule has 3 rings (SSSR count). The van der Waals surface area contributed by atoms with E-state index in [2.05, 4.69) is 5.32 Å². The van der Waals surface area contributed by atoms with E-state index >= 15 is 0 Å². The minimum absolute atomic E-state index is 0.0519. The van der Waals surface area contributed by atoms with Crippen LogP contribution in [0.15, 0.2) is 47.4 Å². The van der Waals surface area contributed by atoms with Gasteiger partial charge in [0, 0.05) is 13.0 Å². The van der Waals surface area contributed by atoms with E-state index in [0.29, 0.717) is 44.3 Å². The normalized spacial score (nSPS) is 15.1. The second kappa shape index (κ2) is 11.1. The number of hydrogen-bond acceptors (Lipinski definition) is 4. The zero-order valence-electron chi connectivity index (χ0n) is 17.0. The van der Waals surface area contributed by atoms with Gasteiger partial charge in [-0.15, -0.1) is 0 Å². The molecule has 4 nitrogen and oxygen atoms in total. The molecule has 1 aliphatic rings. The highest BCUT2D eigenvalue weighted by molar-refractivity contribution is 8.26. The fraction of sp³-hybridized carbons (Fsp3) is 0.261. The number of halogens is 2. The smallest absolute Gasteiger partial charge is 0.266 e. The second-order valence-corrected chi connectivity index (χ2v) is 9.67. The topological polar surface area (TPSA) is 49.4 Å². The standard InChI is InChI=1S/C23H22Cl2N2O2S2/c1-15-9-11-16(12-10-15)14-19-22(29)27(23(30)31-19)13-4-2-3-8-20(28)26-18-7-5-6-17(24)21(18)25/h5-7,9-12,14H,2-4,8,13H2,1H3,(H,26,28). The molecule has 162 valence electrons. The zero-order chi connectivity index (χ0) is 22.4. The Morgan fingerprint density at radius 3 is 2.61 bits per heavy atom. The SMILES string of the molecule is Cc1ccc(C=C2SC(=S)N(CCCCCC(=O)Nc3cccc(Cl)c3Cl)C2=O)cc1. The van der Waals surface area contributed by atoms with Gasteiger partial charge in [0.2, 0.25) is 5.91 Å². The number of benzene rings is 2. The Bertz CT molecular complexity index is 1020. The van der Waals surface area contributed by atoms with Crippen molar-refractivity contribution in [1.29, 1.82) is 0 Å². The fourth-order valence-electron chi connectivity index (χ4n) is 3.05. The first-order valence-electron chi connectivity index (χ1n) is 9.91. The van der Waals surface area contributed by atoms with Crippen LogP contribution >= 0.6 is 47.2 Å². The number of nitrogens with one attached hydrogen (secondary N) is 1. The van der Waals surface area contributed by atoms with Gasteiger partial charge >= 0.3 is 0 Å². The molecule has 2 amide bonds. The van der Waals surface area contributed by atoms with Gasteiger partial charge in [0.1, 0.15) is 4.32 Å². The predicted octanol–water partition coefficient (Wildman–Crippen LogP) is 6.70. The highest BCUT2D eigenvalue weighted by Gasteiger charge is 2.31. The number of nitrogens with zero attached hydrogens (tertiary/aromatic N) is 1. The lowest BCUT2D eigenvalue weighted by Crippen LogP contribution is -2.29. The Morgan fingerprint density at radius 2 is 1.87 bits per heavy atom. The molecule has 2 aromatic rings. The number of rotatable bonds is 8. The van der Waals surface area contributed by atoms with E-state index in [1.54, 1.807) is 23.1 Å². The van der Waals surface area contributed by atoms with Crippen LogP contribution in [-0.2, 0) is 9.59 Å². The van der Waals surface area contributed by atoms with Gasteiger partial charge in [-0.1, -0.05) is 89.5 Å². The summed E-state index contributed by atoms with van der Waals surface area (Å²) in [5, 5.41) is 3.52. The molecule has 8 heteroatoms. The molecule has 1 saturated heterocycles. The zero-order valence-corrected chi connectivity index (χ0v) is 20.1. The summed E-state index contributed by atoms with van der Waals surface area (Å²) in [7, 11) is 0. The first-order valence-corrected chi connectivity index (χ1v) is 11.9. The van der Waals surface area contributed by atoms with Crippen LogP contribution in [0.1, 0.15) is 36.8 Å². The number of carbonyl (C=O) groups excluding carboxylic acids is 2. The Morgan fingerprint density at radius 1 is 1.13 bits per heavy atom. The van der Waals surface area contributed by atoms with Crippen LogP contribution in [0.3, 0.4) is 0 Å². The molecular formula is C23H22Cl2N2O2S2. The number of aryl methyl sites for hydroxylation is 1. The van der Waals surface area contributed by atoms with Crippen molar-refractivity contribution in [2.45, 2.75) is 32.6 Å². The number of carbonyl (C=O) groups is 2. The first kappa shape index (κ1) is 23.8. The molecular weight excluding hydrogens is 471 g/mol. The Balaban J connectivity index is 1.42. The second-order valence-electron chi connectivity index (χ2n) is 7.20. The monoisotopic (exact) mass is 492 g/mol. The summed E-state index contributed by atoms with van der Waals surface area (Å²) >= 11 is 18.8. The summed E-state index contributed by atoms with van der Waals surface area (Å²) in [4.78, 5) is 27.1. The third kappa shape index (κ3) is 6.56. The molecule has 0 radical (unpaired) electrons. The van der Waals surface area contributed by atoms with Gasteiger partial charge in [-0.25, -0.2) is 0 Å². The summed E-state index contributed by atoms with van der Waals surface area (Å²) in [6, 6.07) is 13.1. The minimum Gasteiger partial charge on any atom is -0.325 e. The summed E-state index contributed by atoms with van der Waals surface area (Å²) in [5.41, 5.74) is 2.67. The average molecular weight is 493 g/mol. The maximum atomic E-state index is 12.7. The summed E-state index contributed by atoms with van der Waals surface area (Å²) in [6.07, 6.45) is 4.54. The number of thioether (sulfide) groups is 1. The fourth-order valence-corrected chi connectivity index (χ4v) is 4.71. The summed E-state index contributed by atoms with van der Waals surface area (Å²) in [5.74, 6) is -0.167. The van der Waals surface area contributed by atoms with E-state index in [0.717, 1.165) is 18.4 Å². The summed E-state index contributed by atoms with van der Waals surface area (Å²) < 4.78 is 0.580. The lowest BCUT2D eigenvalue weighted by molar-refractivity contribution is -0.122. The third-order valence-corrected chi connectivity index (χ3v) is 6.96. The molecule has 0 saturated carbocycles. The van der Waals surface area contributed by atoms with Crippen molar-refractivity contribution in [3.63, 3.8) is 0 Å². The van der Waals surface area contributed by atoms with Crippen molar-refractivity contribution in [3.8, 4) is 0 Å². The quantitative estimate of drug-likeness (QED) is 0.253. The highest BCUT2D eigenvalue weighted by atomic mass is 35.5. The lowest BCUT2D eigenvalue weighted by atomic mass is 10.1. The van der Waals surface area contributed by atoms with Gasteiger partial charge in [0.15, 0.2) is 0 Å². The molecule has 0 aliphatic carbocycles. The van der Waals surface area contributed by atoms with Crippen molar-refractivity contribution < 1.29 is 9.59 Å². The van der Waals surface area contributed by atoms with E-state index in [1.807, 2.05) is 37.3 Å². The van der Waals surface area contributed by atoms with E-state index in [9.17, 15) is 9.59 Å². The van der Waals surface area contributed by atoms with Crippen molar-refractivity contribution >= 4 is 75.1 Å². The first-order chi connectivity index (χ1) is 14.8. The molecule has 0 aromatic heterocycles. The molecule has 2 aromatic carbocycles. The molecule has 0 spiro atoms. The van der Waals surface area contributed by atoms with Crippen molar-refractivity contribution in [2.24, 2.45) is 0 Å². The van der Waals surface area contributed by atoms with Crippen molar-refractivity contribution in [2.75, 3.05) is 11.9 Å². The minimum atomic E-state index is -0.115. The molecule has 1 heterocycles. The van der Waals surface area contributed by atoms with Crippen LogP contribution in [-0.4, -0.2) is 27.6 Å². The molecule has 1 N–H and O–H groups in total. The van der Waals surface area contributed by atoms with E-state index in [1.165, 1.54) is 17.3 Å². The molecule has 0 bridgehead atoms. The number of thiocarbonyl (C=S) groups is 1. The molecule has 1 fully saturated rings. The number of unbranched alkanes of at least 4 members (excludes halogenated alkanes) is 2. The van der Waals surface area contributed by atoms with Crippen LogP contribution in [0, 0.1) is 6.92 Å². The van der Waals surface area contributed by atoms with E-state index in [-0.39, 0.29) is 11.8 Å². The van der Waals surface area contributed by atoms with Crippen LogP contribution in [0.2, 0.25) is 10.0 Å². The van der Waals surface area contributed by atoms with Gasteiger partial charge in [0.05, 0.1) is 20.6 Å².